The van der Waals surface area contributed by atoms with Gasteiger partial charge in [0.2, 0.25) is 5.91 Å². The van der Waals surface area contributed by atoms with Crippen LogP contribution in [-0.2, 0) is 11.2 Å². The molecule has 0 fully saturated rings. The molecule has 0 radical (unpaired) electrons. The maximum absolute atomic E-state index is 13.4. The highest BCUT2D eigenvalue weighted by atomic mass is 19.1. The quantitative estimate of drug-likeness (QED) is 0.740. The van der Waals surface area contributed by atoms with E-state index in [0.717, 1.165) is 0 Å². The lowest BCUT2D eigenvalue weighted by Crippen LogP contribution is -2.35. The largest absolute Gasteiger partial charge is 0.329 e. The second-order valence-electron chi connectivity index (χ2n) is 4.54. The molecular weight excluding hydrogens is 243 g/mol. The van der Waals surface area contributed by atoms with Crippen LogP contribution >= 0.6 is 0 Å². The highest BCUT2D eigenvalue weighted by Gasteiger charge is 2.19. The molecule has 102 valence electrons. The average Bonchev–Trinajstić information content (AvgIpc) is 2.42. The van der Waals surface area contributed by atoms with Gasteiger partial charge in [-0.25, -0.2) is 4.39 Å². The van der Waals surface area contributed by atoms with Gasteiger partial charge in [-0.1, -0.05) is 25.1 Å². The topological polar surface area (TPSA) is 44.1 Å². The zero-order valence-corrected chi connectivity index (χ0v) is 11.4. The fourth-order valence-corrected chi connectivity index (χ4v) is 1.94. The summed E-state index contributed by atoms with van der Waals surface area (Å²) in [6, 6.07) is 8.59. The first-order valence-electron chi connectivity index (χ1n) is 6.49. The minimum absolute atomic E-state index is 0.0413. The van der Waals surface area contributed by atoms with E-state index < -0.39 is 0 Å². The van der Waals surface area contributed by atoms with Gasteiger partial charge >= 0.3 is 0 Å². The number of nitrogens with zero attached hydrogens (tertiary/aromatic N) is 2. The van der Waals surface area contributed by atoms with Crippen LogP contribution in [0.2, 0.25) is 0 Å². The molecule has 1 atom stereocenters. The monoisotopic (exact) mass is 262 g/mol. The minimum atomic E-state index is -0.230. The van der Waals surface area contributed by atoms with Gasteiger partial charge in [0.15, 0.2) is 0 Å². The van der Waals surface area contributed by atoms with Crippen LogP contribution in [-0.4, -0.2) is 23.9 Å². The molecule has 0 aliphatic rings. The number of halogens is 1. The van der Waals surface area contributed by atoms with Gasteiger partial charge < -0.3 is 4.90 Å². The smallest absolute Gasteiger partial charge is 0.226 e. The number of carbonyl (C=O) groups is 1. The normalized spacial score (nSPS) is 11.7. The molecule has 0 heterocycles. The summed E-state index contributed by atoms with van der Waals surface area (Å²) in [4.78, 5) is 13.6. The first-order valence-corrected chi connectivity index (χ1v) is 6.49. The van der Waals surface area contributed by atoms with Crippen molar-refractivity contribution in [3.63, 3.8) is 0 Å². The fraction of sp³-hybridized carbons (Fsp3) is 0.467. The predicted molar refractivity (Wildman–Crippen MR) is 71.8 cm³/mol. The van der Waals surface area contributed by atoms with Crippen molar-refractivity contribution in [2.75, 3.05) is 13.1 Å². The van der Waals surface area contributed by atoms with Gasteiger partial charge in [-0.2, -0.15) is 5.26 Å². The van der Waals surface area contributed by atoms with Crippen molar-refractivity contribution in [3.8, 4) is 6.07 Å². The lowest BCUT2D eigenvalue weighted by Gasteiger charge is -2.21. The Morgan fingerprint density at radius 2 is 2.16 bits per heavy atom. The van der Waals surface area contributed by atoms with Crippen molar-refractivity contribution >= 4 is 5.91 Å². The molecule has 0 saturated carbocycles. The maximum Gasteiger partial charge on any atom is 0.226 e. The number of amides is 1. The Morgan fingerprint density at radius 3 is 2.74 bits per heavy atom. The number of hydrogen-bond acceptors (Lipinski definition) is 2. The van der Waals surface area contributed by atoms with E-state index in [4.69, 9.17) is 5.26 Å². The second-order valence-corrected chi connectivity index (χ2v) is 4.54. The molecule has 0 saturated heterocycles. The summed E-state index contributed by atoms with van der Waals surface area (Å²) in [6.07, 6.45) is 1.12. The number of carbonyl (C=O) groups excluding carboxylic acids is 1. The van der Waals surface area contributed by atoms with Crippen LogP contribution in [0, 0.1) is 23.1 Å². The van der Waals surface area contributed by atoms with Gasteiger partial charge in [-0.05, 0) is 31.4 Å². The van der Waals surface area contributed by atoms with Gasteiger partial charge in [-0.3, -0.25) is 4.79 Å². The highest BCUT2D eigenvalue weighted by molar-refractivity contribution is 5.78. The third-order valence-corrected chi connectivity index (χ3v) is 3.18. The summed E-state index contributed by atoms with van der Waals surface area (Å²) in [6.45, 7) is 4.30. The molecule has 1 unspecified atom stereocenters. The van der Waals surface area contributed by atoms with Crippen molar-refractivity contribution in [3.05, 3.63) is 35.6 Å². The lowest BCUT2D eigenvalue weighted by molar-refractivity contribution is -0.134. The molecule has 0 spiro atoms. The first kappa shape index (κ1) is 15.2. The molecule has 4 heteroatoms. The molecule has 0 N–H and O–H groups in total. The lowest BCUT2D eigenvalue weighted by atomic mass is 9.99. The van der Waals surface area contributed by atoms with Crippen LogP contribution in [0.25, 0.3) is 0 Å². The Bertz CT molecular complexity index is 467. The third-order valence-electron chi connectivity index (χ3n) is 3.18. The van der Waals surface area contributed by atoms with E-state index in [1.54, 1.807) is 18.2 Å². The zero-order chi connectivity index (χ0) is 14.3. The van der Waals surface area contributed by atoms with Crippen molar-refractivity contribution in [1.29, 1.82) is 5.26 Å². The number of benzene rings is 1. The summed E-state index contributed by atoms with van der Waals surface area (Å²) in [5, 5.41) is 8.65. The van der Waals surface area contributed by atoms with Crippen LogP contribution < -0.4 is 0 Å². The molecule has 0 aromatic heterocycles. The van der Waals surface area contributed by atoms with Crippen LogP contribution in [0.4, 0.5) is 4.39 Å². The van der Waals surface area contributed by atoms with Crippen molar-refractivity contribution in [1.82, 2.24) is 4.90 Å². The van der Waals surface area contributed by atoms with E-state index in [1.165, 1.54) is 11.0 Å². The van der Waals surface area contributed by atoms with Crippen LogP contribution in [0.15, 0.2) is 24.3 Å². The van der Waals surface area contributed by atoms with Gasteiger partial charge in [-0.15, -0.1) is 0 Å². The Kier molecular flexibility index (Phi) is 6.01. The summed E-state index contributed by atoms with van der Waals surface area (Å²) < 4.78 is 13.4. The van der Waals surface area contributed by atoms with Gasteiger partial charge in [0, 0.05) is 12.5 Å². The SMILES string of the molecule is CCN(CC#N)C(=O)C(C)CCc1ccccc1F. The van der Waals surface area contributed by atoms with E-state index in [0.29, 0.717) is 24.9 Å². The van der Waals surface area contributed by atoms with E-state index in [-0.39, 0.29) is 24.2 Å². The van der Waals surface area contributed by atoms with Crippen LogP contribution in [0.1, 0.15) is 25.8 Å². The van der Waals surface area contributed by atoms with Gasteiger partial charge in [0.05, 0.1) is 6.07 Å². The highest BCUT2D eigenvalue weighted by Crippen LogP contribution is 2.14. The van der Waals surface area contributed by atoms with Gasteiger partial charge in [0.25, 0.3) is 0 Å². The van der Waals surface area contributed by atoms with Crippen molar-refractivity contribution in [2.24, 2.45) is 5.92 Å². The fourth-order valence-electron chi connectivity index (χ4n) is 1.94. The van der Waals surface area contributed by atoms with E-state index >= 15 is 0 Å². The Morgan fingerprint density at radius 1 is 1.47 bits per heavy atom. The molecule has 0 aliphatic heterocycles. The maximum atomic E-state index is 13.4. The average molecular weight is 262 g/mol. The predicted octanol–water partition coefficient (Wildman–Crippen LogP) is 2.77. The molecular formula is C15H19FN2O. The van der Waals surface area contributed by atoms with Crippen LogP contribution in [0.5, 0.6) is 0 Å². The second kappa shape index (κ2) is 7.52. The zero-order valence-electron chi connectivity index (χ0n) is 11.4. The summed E-state index contributed by atoms with van der Waals surface area (Å²) in [5.41, 5.74) is 0.630. The van der Waals surface area contributed by atoms with Crippen molar-refractivity contribution < 1.29 is 9.18 Å². The number of aryl methyl sites for hydroxylation is 1. The van der Waals surface area contributed by atoms with Crippen molar-refractivity contribution in [2.45, 2.75) is 26.7 Å². The van der Waals surface area contributed by atoms with Crippen LogP contribution in [0.3, 0.4) is 0 Å². The summed E-state index contributed by atoms with van der Waals surface area (Å²) in [5.74, 6) is -0.472. The molecule has 0 aliphatic carbocycles. The third kappa shape index (κ3) is 4.36. The molecule has 19 heavy (non-hydrogen) atoms. The molecule has 1 aromatic carbocycles. The van der Waals surface area contributed by atoms with E-state index in [2.05, 4.69) is 0 Å². The standard InChI is InChI=1S/C15H19FN2O/c1-3-18(11-10-17)15(19)12(2)8-9-13-6-4-5-7-14(13)16/h4-7,12H,3,8-9,11H2,1-2H3. The molecule has 3 nitrogen and oxygen atoms in total. The Labute approximate surface area is 113 Å². The van der Waals surface area contributed by atoms with E-state index in [1.807, 2.05) is 19.9 Å². The number of rotatable bonds is 6. The molecule has 1 aromatic rings. The minimum Gasteiger partial charge on any atom is -0.329 e. The number of nitriles is 1. The molecule has 0 bridgehead atoms. The van der Waals surface area contributed by atoms with E-state index in [9.17, 15) is 9.18 Å². The molecule has 1 rings (SSSR count). The summed E-state index contributed by atoms with van der Waals surface area (Å²) in [7, 11) is 0. The summed E-state index contributed by atoms with van der Waals surface area (Å²) >= 11 is 0. The Balaban J connectivity index is 2.56. The Hall–Kier alpha value is -1.89. The first-order chi connectivity index (χ1) is 9.10. The number of hydrogen-bond donors (Lipinski definition) is 0. The molecule has 1 amide bonds. The van der Waals surface area contributed by atoms with Gasteiger partial charge in [0.1, 0.15) is 12.4 Å².